The first-order chi connectivity index (χ1) is 12.6. The Bertz CT molecular complexity index is 1010. The van der Waals surface area contributed by atoms with E-state index in [1.165, 1.54) is 6.07 Å². The molecule has 0 bridgehead atoms. The van der Waals surface area contributed by atoms with Crippen molar-refractivity contribution in [3.63, 3.8) is 0 Å². The van der Waals surface area contributed by atoms with E-state index in [0.29, 0.717) is 5.52 Å². The van der Waals surface area contributed by atoms with Gasteiger partial charge in [0.05, 0.1) is 17.6 Å². The molecule has 1 aromatic heterocycles. The van der Waals surface area contributed by atoms with Crippen LogP contribution in [0.15, 0.2) is 36.4 Å². The second-order valence-corrected chi connectivity index (χ2v) is 6.79. The Morgan fingerprint density at radius 1 is 1.04 bits per heavy atom. The summed E-state index contributed by atoms with van der Waals surface area (Å²) < 4.78 is 29.8. The van der Waals surface area contributed by atoms with Gasteiger partial charge in [-0.25, -0.2) is 13.6 Å². The number of aromatic nitrogens is 1. The van der Waals surface area contributed by atoms with E-state index in [2.05, 4.69) is 0 Å². The number of benzene rings is 2. The highest BCUT2D eigenvalue weighted by molar-refractivity contribution is 6.04. The maximum Gasteiger partial charge on any atom is 0.337 e. The van der Waals surface area contributed by atoms with Gasteiger partial charge >= 0.3 is 5.97 Å². The van der Waals surface area contributed by atoms with Crippen molar-refractivity contribution in [2.24, 2.45) is 0 Å². The molecule has 26 heavy (non-hydrogen) atoms. The van der Waals surface area contributed by atoms with Crippen molar-refractivity contribution < 1.29 is 18.7 Å². The SMILES string of the molecule is O=C(O)c1cccc2c3c(n(Cc4cccc(F)c4F)c12)CCCCC3. The standard InChI is InChI=1S/C21H19F2NO2/c22-17-10-4-6-13(19(17)23)12-24-18-11-3-1-2-7-14(18)15-8-5-9-16(20(15)24)21(25)26/h4-6,8-10H,1-3,7,11-12H2,(H,25,26). The first-order valence-corrected chi connectivity index (χ1v) is 8.87. The number of carboxylic acids is 1. The van der Waals surface area contributed by atoms with Gasteiger partial charge < -0.3 is 9.67 Å². The summed E-state index contributed by atoms with van der Waals surface area (Å²) in [6.07, 6.45) is 4.88. The van der Waals surface area contributed by atoms with Crippen LogP contribution >= 0.6 is 0 Å². The number of carboxylic acid groups (broad SMARTS) is 1. The van der Waals surface area contributed by atoms with Crippen LogP contribution in [0.4, 0.5) is 8.78 Å². The minimum atomic E-state index is -1.01. The molecule has 4 rings (SSSR count). The summed E-state index contributed by atoms with van der Waals surface area (Å²) in [6.45, 7) is 0.125. The highest BCUT2D eigenvalue weighted by Crippen LogP contribution is 2.34. The third kappa shape index (κ3) is 2.68. The van der Waals surface area contributed by atoms with E-state index in [1.54, 1.807) is 18.2 Å². The van der Waals surface area contributed by atoms with E-state index in [9.17, 15) is 18.7 Å². The van der Waals surface area contributed by atoms with Crippen LogP contribution in [0.2, 0.25) is 0 Å². The molecule has 0 spiro atoms. The maximum atomic E-state index is 14.3. The van der Waals surface area contributed by atoms with Gasteiger partial charge in [-0.2, -0.15) is 0 Å². The molecule has 0 atom stereocenters. The van der Waals surface area contributed by atoms with Crippen LogP contribution in [-0.4, -0.2) is 15.6 Å². The molecule has 0 unspecified atom stereocenters. The topological polar surface area (TPSA) is 42.2 Å². The van der Waals surface area contributed by atoms with Crippen LogP contribution in [-0.2, 0) is 19.4 Å². The van der Waals surface area contributed by atoms with Crippen molar-refractivity contribution in [3.8, 4) is 0 Å². The van der Waals surface area contributed by atoms with Gasteiger partial charge in [-0.15, -0.1) is 0 Å². The molecule has 1 aliphatic rings. The molecule has 0 amide bonds. The summed E-state index contributed by atoms with van der Waals surface area (Å²) in [6, 6.07) is 9.39. The molecule has 1 aliphatic carbocycles. The monoisotopic (exact) mass is 355 g/mol. The number of hydrogen-bond donors (Lipinski definition) is 1. The summed E-state index contributed by atoms with van der Waals surface area (Å²) in [7, 11) is 0. The van der Waals surface area contributed by atoms with Gasteiger partial charge in [0.1, 0.15) is 0 Å². The predicted molar refractivity (Wildman–Crippen MR) is 95.6 cm³/mol. The smallest absolute Gasteiger partial charge is 0.337 e. The lowest BCUT2D eigenvalue weighted by Gasteiger charge is -2.13. The second kappa shape index (κ2) is 6.56. The first kappa shape index (κ1) is 16.8. The number of hydrogen-bond acceptors (Lipinski definition) is 1. The minimum absolute atomic E-state index is 0.125. The summed E-state index contributed by atoms with van der Waals surface area (Å²) in [5.41, 5.74) is 3.24. The molecule has 5 heteroatoms. The zero-order valence-corrected chi connectivity index (χ0v) is 14.3. The Balaban J connectivity index is 1.98. The molecular weight excluding hydrogens is 336 g/mol. The van der Waals surface area contributed by atoms with Gasteiger partial charge in [-0.05, 0) is 43.4 Å². The maximum absolute atomic E-state index is 14.3. The summed E-state index contributed by atoms with van der Waals surface area (Å²) in [5, 5.41) is 10.6. The number of halogens is 2. The van der Waals surface area contributed by atoms with Crippen molar-refractivity contribution in [1.82, 2.24) is 4.57 Å². The molecule has 1 heterocycles. The zero-order valence-electron chi connectivity index (χ0n) is 14.3. The van der Waals surface area contributed by atoms with Crippen molar-refractivity contribution >= 4 is 16.9 Å². The van der Waals surface area contributed by atoms with Gasteiger partial charge in [0.25, 0.3) is 0 Å². The number of aromatic carboxylic acids is 1. The van der Waals surface area contributed by atoms with Crippen molar-refractivity contribution in [2.45, 2.75) is 38.6 Å². The lowest BCUT2D eigenvalue weighted by Crippen LogP contribution is -2.10. The number of fused-ring (bicyclic) bond motifs is 3. The van der Waals surface area contributed by atoms with E-state index in [4.69, 9.17) is 0 Å². The van der Waals surface area contributed by atoms with Gasteiger partial charge in [-0.1, -0.05) is 30.7 Å². The van der Waals surface area contributed by atoms with Crippen LogP contribution in [0.3, 0.4) is 0 Å². The summed E-state index contributed by atoms with van der Waals surface area (Å²) in [5.74, 6) is -2.77. The Labute approximate surface area is 149 Å². The lowest BCUT2D eigenvalue weighted by atomic mass is 10.0. The van der Waals surface area contributed by atoms with Gasteiger partial charge in [-0.3, -0.25) is 0 Å². The first-order valence-electron chi connectivity index (χ1n) is 8.87. The molecule has 3 aromatic rings. The normalized spacial score (nSPS) is 14.2. The summed E-state index contributed by atoms with van der Waals surface area (Å²) in [4.78, 5) is 11.8. The van der Waals surface area contributed by atoms with Crippen molar-refractivity contribution in [3.05, 3.63) is 70.4 Å². The molecule has 0 aliphatic heterocycles. The molecule has 3 nitrogen and oxygen atoms in total. The molecular formula is C21H19F2NO2. The average molecular weight is 355 g/mol. The second-order valence-electron chi connectivity index (χ2n) is 6.79. The van der Waals surface area contributed by atoms with Crippen molar-refractivity contribution in [1.29, 1.82) is 0 Å². The fourth-order valence-electron chi connectivity index (χ4n) is 4.05. The number of aryl methyl sites for hydroxylation is 1. The molecule has 1 N–H and O–H groups in total. The fraction of sp³-hybridized carbons (Fsp3) is 0.286. The van der Waals surface area contributed by atoms with E-state index in [0.717, 1.165) is 54.8 Å². The molecule has 0 radical (unpaired) electrons. The zero-order chi connectivity index (χ0) is 18.3. The number of para-hydroxylation sites is 1. The van der Waals surface area contributed by atoms with Crippen molar-refractivity contribution in [2.75, 3.05) is 0 Å². The Kier molecular flexibility index (Phi) is 4.23. The van der Waals surface area contributed by atoms with Gasteiger partial charge in [0.2, 0.25) is 0 Å². The van der Waals surface area contributed by atoms with Gasteiger partial charge in [0, 0.05) is 16.6 Å². The molecule has 2 aromatic carbocycles. The fourth-order valence-corrected chi connectivity index (χ4v) is 4.05. The number of carbonyl (C=O) groups is 1. The van der Waals surface area contributed by atoms with Gasteiger partial charge in [0.15, 0.2) is 11.6 Å². The Morgan fingerprint density at radius 2 is 1.81 bits per heavy atom. The van der Waals surface area contributed by atoms with Crippen LogP contribution in [0.5, 0.6) is 0 Å². The predicted octanol–water partition coefficient (Wildman–Crippen LogP) is 4.93. The molecule has 134 valence electrons. The Morgan fingerprint density at radius 3 is 2.62 bits per heavy atom. The summed E-state index contributed by atoms with van der Waals surface area (Å²) >= 11 is 0. The Hall–Kier alpha value is -2.69. The largest absolute Gasteiger partial charge is 0.478 e. The average Bonchev–Trinajstić information content (AvgIpc) is 2.78. The van der Waals surface area contributed by atoms with Crippen LogP contribution in [0, 0.1) is 11.6 Å². The quantitative estimate of drug-likeness (QED) is 0.677. The third-order valence-corrected chi connectivity index (χ3v) is 5.24. The minimum Gasteiger partial charge on any atom is -0.478 e. The highest BCUT2D eigenvalue weighted by Gasteiger charge is 2.23. The highest BCUT2D eigenvalue weighted by atomic mass is 19.2. The van der Waals surface area contributed by atoms with E-state index in [-0.39, 0.29) is 17.7 Å². The van der Waals surface area contributed by atoms with E-state index in [1.807, 2.05) is 10.6 Å². The van der Waals surface area contributed by atoms with Crippen LogP contribution in [0.1, 0.15) is 46.4 Å². The third-order valence-electron chi connectivity index (χ3n) is 5.24. The molecule has 0 fully saturated rings. The van der Waals surface area contributed by atoms with Crippen LogP contribution in [0.25, 0.3) is 10.9 Å². The number of nitrogens with zero attached hydrogens (tertiary/aromatic N) is 1. The molecule has 0 saturated carbocycles. The lowest BCUT2D eigenvalue weighted by molar-refractivity contribution is 0.0698. The number of rotatable bonds is 3. The van der Waals surface area contributed by atoms with E-state index >= 15 is 0 Å². The van der Waals surface area contributed by atoms with E-state index < -0.39 is 17.6 Å². The van der Waals surface area contributed by atoms with Crippen LogP contribution < -0.4 is 0 Å². The molecule has 0 saturated heterocycles.